The van der Waals surface area contributed by atoms with Crippen molar-refractivity contribution in [3.63, 3.8) is 0 Å². The lowest BCUT2D eigenvalue weighted by Gasteiger charge is -2.11. The Labute approximate surface area is 155 Å². The van der Waals surface area contributed by atoms with Crippen LogP contribution in [0.4, 0.5) is 20.2 Å². The first-order chi connectivity index (χ1) is 13.1. The molecule has 1 aromatic heterocycles. The number of nitrogens with zero attached hydrogens (tertiary/aromatic N) is 1. The van der Waals surface area contributed by atoms with E-state index in [2.05, 4.69) is 15.6 Å². The molecular formula is C20H17F2N3O2. The first kappa shape index (κ1) is 18.3. The van der Waals surface area contributed by atoms with Gasteiger partial charge in [-0.25, -0.2) is 8.78 Å². The van der Waals surface area contributed by atoms with E-state index in [0.717, 1.165) is 23.4 Å². The number of hydrogen-bond acceptors (Lipinski definition) is 4. The summed E-state index contributed by atoms with van der Waals surface area (Å²) in [5, 5.41) is 5.38. The van der Waals surface area contributed by atoms with E-state index in [1.807, 2.05) is 24.3 Å². The lowest BCUT2D eigenvalue weighted by Crippen LogP contribution is -2.15. The summed E-state index contributed by atoms with van der Waals surface area (Å²) in [7, 11) is 1.59. The highest BCUT2D eigenvalue weighted by Gasteiger charge is 2.14. The number of rotatable bonds is 6. The maximum Gasteiger partial charge on any atom is 0.257 e. The van der Waals surface area contributed by atoms with Gasteiger partial charge in [-0.1, -0.05) is 24.3 Å². The Morgan fingerprint density at radius 2 is 1.81 bits per heavy atom. The third-order valence-electron chi connectivity index (χ3n) is 3.88. The van der Waals surface area contributed by atoms with Crippen LogP contribution in [0.15, 0.2) is 60.9 Å². The van der Waals surface area contributed by atoms with Crippen LogP contribution in [0, 0.1) is 11.6 Å². The molecule has 0 radical (unpaired) electrons. The number of hydrogen-bond donors (Lipinski definition) is 2. The fourth-order valence-electron chi connectivity index (χ4n) is 2.51. The molecule has 1 heterocycles. The number of anilines is 2. The number of carbonyl (C=O) groups excluding carboxylic acids is 1. The van der Waals surface area contributed by atoms with Crippen molar-refractivity contribution in [3.8, 4) is 5.75 Å². The van der Waals surface area contributed by atoms with Gasteiger partial charge in [-0.2, -0.15) is 0 Å². The Hall–Kier alpha value is -3.48. The maximum atomic E-state index is 13.7. The van der Waals surface area contributed by atoms with Crippen LogP contribution >= 0.6 is 0 Å². The number of para-hydroxylation sites is 2. The average Bonchev–Trinajstić information content (AvgIpc) is 2.69. The first-order valence-corrected chi connectivity index (χ1v) is 8.14. The molecule has 0 aliphatic rings. The molecule has 0 spiro atoms. The van der Waals surface area contributed by atoms with Crippen molar-refractivity contribution in [1.82, 2.24) is 4.98 Å². The number of ether oxygens (including phenoxy) is 1. The molecule has 0 fully saturated rings. The number of benzene rings is 2. The van der Waals surface area contributed by atoms with Crippen LogP contribution in [0.2, 0.25) is 0 Å². The molecule has 0 aliphatic carbocycles. The van der Waals surface area contributed by atoms with E-state index in [1.54, 1.807) is 19.4 Å². The average molecular weight is 369 g/mol. The third kappa shape index (κ3) is 4.38. The van der Waals surface area contributed by atoms with Crippen molar-refractivity contribution in [2.75, 3.05) is 17.7 Å². The zero-order chi connectivity index (χ0) is 19.2. The van der Waals surface area contributed by atoms with E-state index in [0.29, 0.717) is 12.2 Å². The summed E-state index contributed by atoms with van der Waals surface area (Å²) in [5.41, 5.74) is 1.20. The van der Waals surface area contributed by atoms with E-state index < -0.39 is 23.2 Å². The normalized spacial score (nSPS) is 10.3. The molecule has 7 heteroatoms. The maximum absolute atomic E-state index is 13.7. The van der Waals surface area contributed by atoms with E-state index >= 15 is 0 Å². The third-order valence-corrected chi connectivity index (χ3v) is 3.88. The summed E-state index contributed by atoms with van der Waals surface area (Å²) in [6.45, 7) is 0.457. The predicted molar refractivity (Wildman–Crippen MR) is 98.9 cm³/mol. The fourth-order valence-corrected chi connectivity index (χ4v) is 2.51. The van der Waals surface area contributed by atoms with Gasteiger partial charge >= 0.3 is 0 Å². The highest BCUT2D eigenvalue weighted by atomic mass is 19.1. The molecular weight excluding hydrogens is 352 g/mol. The van der Waals surface area contributed by atoms with E-state index in [9.17, 15) is 13.6 Å². The van der Waals surface area contributed by atoms with Gasteiger partial charge in [0.1, 0.15) is 23.1 Å². The van der Waals surface area contributed by atoms with Crippen molar-refractivity contribution >= 4 is 17.3 Å². The van der Waals surface area contributed by atoms with E-state index in [-0.39, 0.29) is 5.56 Å². The van der Waals surface area contributed by atoms with E-state index in [1.165, 1.54) is 12.3 Å². The van der Waals surface area contributed by atoms with Crippen LogP contribution in [0.1, 0.15) is 15.9 Å². The van der Waals surface area contributed by atoms with Crippen LogP contribution < -0.4 is 15.4 Å². The molecule has 0 saturated carbocycles. The van der Waals surface area contributed by atoms with Crippen molar-refractivity contribution in [1.29, 1.82) is 0 Å². The Morgan fingerprint density at radius 1 is 1.07 bits per heavy atom. The molecule has 0 saturated heterocycles. The quantitative estimate of drug-likeness (QED) is 0.682. The largest absolute Gasteiger partial charge is 0.496 e. The molecule has 0 unspecified atom stereocenters. The molecule has 5 nitrogen and oxygen atoms in total. The minimum Gasteiger partial charge on any atom is -0.496 e. The molecule has 3 rings (SSSR count). The van der Waals surface area contributed by atoms with Crippen LogP contribution in [-0.2, 0) is 6.54 Å². The smallest absolute Gasteiger partial charge is 0.257 e. The Bertz CT molecular complexity index is 943. The second kappa shape index (κ2) is 8.27. The number of carbonyl (C=O) groups is 1. The molecule has 1 amide bonds. The number of halogens is 2. The highest BCUT2D eigenvalue weighted by molar-refractivity contribution is 6.04. The second-order valence-electron chi connectivity index (χ2n) is 5.68. The van der Waals surface area contributed by atoms with Crippen LogP contribution in [-0.4, -0.2) is 18.0 Å². The molecule has 3 aromatic rings. The van der Waals surface area contributed by atoms with Gasteiger partial charge in [0, 0.05) is 24.5 Å². The number of pyridine rings is 1. The van der Waals surface area contributed by atoms with Gasteiger partial charge < -0.3 is 15.4 Å². The molecule has 2 N–H and O–H groups in total. The topological polar surface area (TPSA) is 63.2 Å². The summed E-state index contributed by atoms with van der Waals surface area (Å²) in [4.78, 5) is 16.3. The van der Waals surface area contributed by atoms with Crippen molar-refractivity contribution < 1.29 is 18.3 Å². The Balaban J connectivity index is 1.72. The Morgan fingerprint density at radius 3 is 2.56 bits per heavy atom. The van der Waals surface area contributed by atoms with Gasteiger partial charge in [-0.15, -0.1) is 0 Å². The van der Waals surface area contributed by atoms with Crippen molar-refractivity contribution in [2.24, 2.45) is 0 Å². The lowest BCUT2D eigenvalue weighted by atomic mass is 10.2. The van der Waals surface area contributed by atoms with Crippen LogP contribution in [0.3, 0.4) is 0 Å². The van der Waals surface area contributed by atoms with Gasteiger partial charge in [0.2, 0.25) is 0 Å². The van der Waals surface area contributed by atoms with Gasteiger partial charge in [0.15, 0.2) is 0 Å². The van der Waals surface area contributed by atoms with Gasteiger partial charge in [-0.3, -0.25) is 9.78 Å². The predicted octanol–water partition coefficient (Wildman–Crippen LogP) is 4.23. The molecule has 0 aliphatic heterocycles. The van der Waals surface area contributed by atoms with Crippen LogP contribution in [0.25, 0.3) is 0 Å². The molecule has 27 heavy (non-hydrogen) atoms. The molecule has 0 bridgehead atoms. The van der Waals surface area contributed by atoms with Crippen molar-refractivity contribution in [2.45, 2.75) is 6.54 Å². The number of aromatic nitrogens is 1. The van der Waals surface area contributed by atoms with Gasteiger partial charge in [0.05, 0.1) is 18.4 Å². The Kier molecular flexibility index (Phi) is 5.61. The fraction of sp³-hybridized carbons (Fsp3) is 0.100. The summed E-state index contributed by atoms with van der Waals surface area (Å²) in [6, 6.07) is 12.4. The zero-order valence-electron chi connectivity index (χ0n) is 14.5. The number of nitrogens with one attached hydrogen (secondary N) is 2. The van der Waals surface area contributed by atoms with Gasteiger partial charge in [0.25, 0.3) is 5.91 Å². The van der Waals surface area contributed by atoms with Crippen molar-refractivity contribution in [3.05, 3.63) is 83.7 Å². The first-order valence-electron chi connectivity index (χ1n) is 8.14. The summed E-state index contributed by atoms with van der Waals surface area (Å²) in [5.74, 6) is -1.61. The van der Waals surface area contributed by atoms with Crippen LogP contribution in [0.5, 0.6) is 5.75 Å². The molecule has 2 aromatic carbocycles. The monoisotopic (exact) mass is 369 g/mol. The summed E-state index contributed by atoms with van der Waals surface area (Å²) >= 11 is 0. The summed E-state index contributed by atoms with van der Waals surface area (Å²) < 4.78 is 32.7. The zero-order valence-corrected chi connectivity index (χ0v) is 14.5. The second-order valence-corrected chi connectivity index (χ2v) is 5.68. The highest BCUT2D eigenvalue weighted by Crippen LogP contribution is 2.21. The number of amides is 1. The molecule has 0 atom stereocenters. The minimum absolute atomic E-state index is 0.169. The van der Waals surface area contributed by atoms with Gasteiger partial charge in [-0.05, 0) is 24.3 Å². The lowest BCUT2D eigenvalue weighted by molar-refractivity contribution is 0.102. The standard InChI is InChI=1S/C20H17F2N3O2/c1-27-18-8-3-2-5-13(18)11-24-15-9-14(10-23-12-15)20(26)25-19-16(21)6-4-7-17(19)22/h2-10,12,24H,11H2,1H3,(H,25,26). The summed E-state index contributed by atoms with van der Waals surface area (Å²) in [6.07, 6.45) is 2.87. The minimum atomic E-state index is -0.846. The van der Waals surface area contributed by atoms with E-state index in [4.69, 9.17) is 4.74 Å². The SMILES string of the molecule is COc1ccccc1CNc1cncc(C(=O)Nc2c(F)cccc2F)c1. The number of methoxy groups -OCH3 is 1. The molecule has 138 valence electrons.